The zero-order valence-electron chi connectivity index (χ0n) is 16.7. The van der Waals surface area contributed by atoms with Gasteiger partial charge in [0.15, 0.2) is 0 Å². The summed E-state index contributed by atoms with van der Waals surface area (Å²) in [4.78, 5) is 27.0. The average Bonchev–Trinajstić information content (AvgIpc) is 3.47. The Morgan fingerprint density at radius 3 is 2.86 bits per heavy atom. The molecular weight excluding hydrogens is 392 g/mol. The molecular formula is C21H25ClN4O3. The van der Waals surface area contributed by atoms with Gasteiger partial charge in [0, 0.05) is 61.7 Å². The molecule has 4 rings (SSSR count). The summed E-state index contributed by atoms with van der Waals surface area (Å²) in [6.45, 7) is 1.07. The minimum atomic E-state index is -0.115. The number of methoxy groups -OCH3 is 1. The van der Waals surface area contributed by atoms with E-state index in [-0.39, 0.29) is 11.8 Å². The molecule has 1 aromatic heterocycles. The summed E-state index contributed by atoms with van der Waals surface area (Å²) >= 11 is 6.10. The first-order valence-corrected chi connectivity index (χ1v) is 10.3. The van der Waals surface area contributed by atoms with E-state index in [0.717, 1.165) is 36.2 Å². The Labute approximate surface area is 175 Å². The summed E-state index contributed by atoms with van der Waals surface area (Å²) in [6.07, 6.45) is 3.87. The third-order valence-corrected chi connectivity index (χ3v) is 5.77. The van der Waals surface area contributed by atoms with Gasteiger partial charge in [-0.15, -0.1) is 0 Å². The maximum absolute atomic E-state index is 13.1. The molecule has 2 aromatic rings. The Balaban J connectivity index is 1.50. The van der Waals surface area contributed by atoms with Gasteiger partial charge < -0.3 is 15.0 Å². The molecule has 154 valence electrons. The molecule has 0 unspecified atom stereocenters. The number of hydrogen-bond donors (Lipinski definition) is 1. The third kappa shape index (κ3) is 4.24. The lowest BCUT2D eigenvalue weighted by Gasteiger charge is -2.28. The molecule has 29 heavy (non-hydrogen) atoms. The smallest absolute Gasteiger partial charge is 0.257 e. The summed E-state index contributed by atoms with van der Waals surface area (Å²) in [6, 6.07) is 5.42. The molecule has 7 nitrogen and oxygen atoms in total. The number of carbonyl (C=O) groups excluding carboxylic acids is 2. The number of fused-ring (bicyclic) bond motifs is 1. The molecule has 0 spiro atoms. The SMILES string of the molecule is COc1ccc(Cl)cc1C(=O)N1CCc2c(c(CCC(=O)NC3CC3)nn2C)C1. The lowest BCUT2D eigenvalue weighted by molar-refractivity contribution is -0.121. The van der Waals surface area contributed by atoms with E-state index >= 15 is 0 Å². The van der Waals surface area contributed by atoms with Gasteiger partial charge in [0.05, 0.1) is 18.4 Å². The summed E-state index contributed by atoms with van der Waals surface area (Å²) in [5.74, 6) is 0.462. The van der Waals surface area contributed by atoms with Crippen LogP contribution in [0.5, 0.6) is 5.75 Å². The van der Waals surface area contributed by atoms with Gasteiger partial charge in [-0.2, -0.15) is 5.10 Å². The van der Waals surface area contributed by atoms with Gasteiger partial charge in [-0.3, -0.25) is 14.3 Å². The zero-order valence-corrected chi connectivity index (χ0v) is 17.5. The predicted octanol–water partition coefficient (Wildman–Crippen LogP) is 2.49. The number of carbonyl (C=O) groups is 2. The highest BCUT2D eigenvalue weighted by atomic mass is 35.5. The van der Waals surface area contributed by atoms with Crippen LogP contribution in [-0.2, 0) is 31.2 Å². The van der Waals surface area contributed by atoms with Gasteiger partial charge in [-0.1, -0.05) is 11.6 Å². The van der Waals surface area contributed by atoms with E-state index < -0.39 is 0 Å². The Kier molecular flexibility index (Phi) is 5.50. The second kappa shape index (κ2) is 8.06. The normalized spacial score (nSPS) is 15.8. The van der Waals surface area contributed by atoms with E-state index in [9.17, 15) is 9.59 Å². The maximum atomic E-state index is 13.1. The average molecular weight is 417 g/mol. The minimum Gasteiger partial charge on any atom is -0.496 e. The summed E-state index contributed by atoms with van der Waals surface area (Å²) in [7, 11) is 3.46. The van der Waals surface area contributed by atoms with Crippen LogP contribution < -0.4 is 10.1 Å². The molecule has 2 heterocycles. The van der Waals surface area contributed by atoms with E-state index in [1.165, 1.54) is 0 Å². The highest BCUT2D eigenvalue weighted by molar-refractivity contribution is 6.31. The zero-order chi connectivity index (χ0) is 20.5. The fourth-order valence-corrected chi connectivity index (χ4v) is 3.99. The number of aryl methyl sites for hydroxylation is 2. The molecule has 1 saturated carbocycles. The molecule has 1 aliphatic carbocycles. The van der Waals surface area contributed by atoms with Crippen LogP contribution in [0.2, 0.25) is 5.02 Å². The van der Waals surface area contributed by atoms with Gasteiger partial charge in [0.1, 0.15) is 5.75 Å². The highest BCUT2D eigenvalue weighted by Gasteiger charge is 2.29. The van der Waals surface area contributed by atoms with Crippen molar-refractivity contribution >= 4 is 23.4 Å². The van der Waals surface area contributed by atoms with Crippen LogP contribution in [0.25, 0.3) is 0 Å². The number of halogens is 1. The van der Waals surface area contributed by atoms with Crippen LogP contribution >= 0.6 is 11.6 Å². The molecule has 1 aliphatic heterocycles. The largest absolute Gasteiger partial charge is 0.496 e. The monoisotopic (exact) mass is 416 g/mol. The van der Waals surface area contributed by atoms with Crippen molar-refractivity contribution in [2.24, 2.45) is 7.05 Å². The molecule has 0 saturated heterocycles. The van der Waals surface area contributed by atoms with Crippen molar-refractivity contribution in [1.82, 2.24) is 20.0 Å². The Bertz CT molecular complexity index is 952. The van der Waals surface area contributed by atoms with Crippen LogP contribution in [0.15, 0.2) is 18.2 Å². The first-order chi connectivity index (χ1) is 14.0. The van der Waals surface area contributed by atoms with Crippen molar-refractivity contribution < 1.29 is 14.3 Å². The minimum absolute atomic E-state index is 0.0688. The quantitative estimate of drug-likeness (QED) is 0.784. The lowest BCUT2D eigenvalue weighted by Crippen LogP contribution is -2.36. The van der Waals surface area contributed by atoms with Crippen LogP contribution in [0, 0.1) is 0 Å². The molecule has 1 N–H and O–H groups in total. The molecule has 1 fully saturated rings. The second-order valence-corrected chi connectivity index (χ2v) is 8.10. The molecule has 1 aromatic carbocycles. The van der Waals surface area contributed by atoms with E-state index in [0.29, 0.717) is 48.3 Å². The summed E-state index contributed by atoms with van der Waals surface area (Å²) < 4.78 is 7.22. The number of rotatable bonds is 6. The van der Waals surface area contributed by atoms with Crippen molar-refractivity contribution in [3.05, 3.63) is 45.7 Å². The van der Waals surface area contributed by atoms with Gasteiger partial charge in [0.25, 0.3) is 5.91 Å². The number of benzene rings is 1. The van der Waals surface area contributed by atoms with E-state index in [1.807, 2.05) is 11.7 Å². The van der Waals surface area contributed by atoms with Crippen molar-refractivity contribution in [3.63, 3.8) is 0 Å². The number of nitrogens with zero attached hydrogens (tertiary/aromatic N) is 3. The standard InChI is InChI=1S/C21H25ClN4O3/c1-25-18-9-10-26(21(28)15-11-13(22)3-7-19(15)29-2)12-16(18)17(24-25)6-8-20(27)23-14-4-5-14/h3,7,11,14H,4-6,8-10,12H2,1-2H3,(H,23,27). The van der Waals surface area contributed by atoms with Crippen LogP contribution in [0.4, 0.5) is 0 Å². The van der Waals surface area contributed by atoms with E-state index in [4.69, 9.17) is 16.3 Å². The molecule has 2 amide bonds. The maximum Gasteiger partial charge on any atom is 0.257 e. The van der Waals surface area contributed by atoms with Gasteiger partial charge >= 0.3 is 0 Å². The predicted molar refractivity (Wildman–Crippen MR) is 109 cm³/mol. The Morgan fingerprint density at radius 2 is 2.14 bits per heavy atom. The molecule has 8 heteroatoms. The van der Waals surface area contributed by atoms with Crippen molar-refractivity contribution in [3.8, 4) is 5.75 Å². The van der Waals surface area contributed by atoms with Crippen molar-refractivity contribution in [2.45, 2.75) is 44.7 Å². The number of aromatic nitrogens is 2. The van der Waals surface area contributed by atoms with E-state index in [2.05, 4.69) is 10.4 Å². The molecule has 2 aliphatic rings. The Morgan fingerprint density at radius 1 is 1.34 bits per heavy atom. The van der Waals surface area contributed by atoms with Crippen LogP contribution in [-0.4, -0.2) is 46.2 Å². The van der Waals surface area contributed by atoms with Gasteiger partial charge in [-0.25, -0.2) is 0 Å². The summed E-state index contributed by atoms with van der Waals surface area (Å²) in [5.41, 5.74) is 3.53. The third-order valence-electron chi connectivity index (χ3n) is 5.54. The lowest BCUT2D eigenvalue weighted by atomic mass is 10.0. The fourth-order valence-electron chi connectivity index (χ4n) is 3.82. The number of nitrogens with one attached hydrogen (secondary N) is 1. The summed E-state index contributed by atoms with van der Waals surface area (Å²) in [5, 5.41) is 8.14. The highest BCUT2D eigenvalue weighted by Crippen LogP contribution is 2.28. The van der Waals surface area contributed by atoms with Gasteiger partial charge in [0.2, 0.25) is 5.91 Å². The van der Waals surface area contributed by atoms with Crippen LogP contribution in [0.3, 0.4) is 0 Å². The van der Waals surface area contributed by atoms with E-state index in [1.54, 1.807) is 30.2 Å². The van der Waals surface area contributed by atoms with Gasteiger partial charge in [-0.05, 0) is 31.0 Å². The number of ether oxygens (including phenoxy) is 1. The molecule has 0 atom stereocenters. The Hall–Kier alpha value is -2.54. The number of amides is 2. The number of hydrogen-bond acceptors (Lipinski definition) is 4. The van der Waals surface area contributed by atoms with Crippen molar-refractivity contribution in [2.75, 3.05) is 13.7 Å². The fraction of sp³-hybridized carbons (Fsp3) is 0.476. The van der Waals surface area contributed by atoms with Crippen molar-refractivity contribution in [1.29, 1.82) is 0 Å². The molecule has 0 bridgehead atoms. The topological polar surface area (TPSA) is 76.5 Å². The second-order valence-electron chi connectivity index (χ2n) is 7.66. The first-order valence-electron chi connectivity index (χ1n) is 9.92. The molecule has 0 radical (unpaired) electrons. The van der Waals surface area contributed by atoms with Crippen LogP contribution in [0.1, 0.15) is 46.6 Å². The first kappa shape index (κ1) is 19.8.